The summed E-state index contributed by atoms with van der Waals surface area (Å²) in [7, 11) is 0. The minimum Gasteiger partial charge on any atom is -0.463 e. The predicted octanol–water partition coefficient (Wildman–Crippen LogP) is 2.36. The molecule has 0 saturated carbocycles. The van der Waals surface area contributed by atoms with E-state index in [-0.39, 0.29) is 18.0 Å². The summed E-state index contributed by atoms with van der Waals surface area (Å²) in [5.74, 6) is -0.143. The highest BCUT2D eigenvalue weighted by Crippen LogP contribution is 2.20. The van der Waals surface area contributed by atoms with E-state index in [0.717, 1.165) is 6.42 Å². The fraction of sp³-hybridized carbons (Fsp3) is 0.714. The van der Waals surface area contributed by atoms with Gasteiger partial charge in [-0.1, -0.05) is 6.08 Å². The molecule has 19 heavy (non-hydrogen) atoms. The second-order valence-electron chi connectivity index (χ2n) is 5.59. The van der Waals surface area contributed by atoms with Crippen molar-refractivity contribution >= 4 is 12.1 Å². The van der Waals surface area contributed by atoms with E-state index >= 15 is 0 Å². The number of nitrogens with zero attached hydrogens (tertiary/aromatic N) is 1. The average Bonchev–Trinajstić information content (AvgIpc) is 2.73. The minimum absolute atomic E-state index is 0.192. The third kappa shape index (κ3) is 5.77. The number of carbonyl (C=O) groups is 2. The lowest BCUT2D eigenvalue weighted by Gasteiger charge is -2.24. The SMILES string of the molecule is CCOC(=O)C=C[C@H]1CCN(C(=O)OC(C)(C)C)C1. The second kappa shape index (κ2) is 6.59. The van der Waals surface area contributed by atoms with Crippen molar-refractivity contribution in [1.82, 2.24) is 4.90 Å². The normalized spacial score (nSPS) is 19.8. The van der Waals surface area contributed by atoms with Gasteiger partial charge in [0.05, 0.1) is 6.61 Å². The zero-order chi connectivity index (χ0) is 14.5. The van der Waals surface area contributed by atoms with Crippen molar-refractivity contribution in [3.8, 4) is 0 Å². The predicted molar refractivity (Wildman–Crippen MR) is 71.7 cm³/mol. The summed E-state index contributed by atoms with van der Waals surface area (Å²) < 4.78 is 10.1. The van der Waals surface area contributed by atoms with Crippen molar-refractivity contribution in [1.29, 1.82) is 0 Å². The van der Waals surface area contributed by atoms with Crippen molar-refractivity contribution in [2.45, 2.75) is 39.7 Å². The summed E-state index contributed by atoms with van der Waals surface area (Å²) in [5.41, 5.74) is -0.476. The summed E-state index contributed by atoms with van der Waals surface area (Å²) >= 11 is 0. The lowest BCUT2D eigenvalue weighted by Crippen LogP contribution is -2.35. The highest BCUT2D eigenvalue weighted by Gasteiger charge is 2.28. The molecule has 0 bridgehead atoms. The number of amides is 1. The Morgan fingerprint density at radius 3 is 2.63 bits per heavy atom. The maximum absolute atomic E-state index is 11.8. The molecule has 1 aliphatic rings. The monoisotopic (exact) mass is 269 g/mol. The Bertz CT molecular complexity index is 357. The second-order valence-corrected chi connectivity index (χ2v) is 5.59. The number of ether oxygens (including phenoxy) is 2. The van der Waals surface area contributed by atoms with Crippen molar-refractivity contribution < 1.29 is 19.1 Å². The molecule has 1 fully saturated rings. The summed E-state index contributed by atoms with van der Waals surface area (Å²) in [4.78, 5) is 24.7. The molecule has 0 aromatic carbocycles. The highest BCUT2D eigenvalue weighted by atomic mass is 16.6. The molecular weight excluding hydrogens is 246 g/mol. The Morgan fingerprint density at radius 2 is 2.05 bits per heavy atom. The van der Waals surface area contributed by atoms with Gasteiger partial charge in [-0.05, 0) is 40.0 Å². The van der Waals surface area contributed by atoms with Crippen molar-refractivity contribution in [3.63, 3.8) is 0 Å². The van der Waals surface area contributed by atoms with E-state index in [1.807, 2.05) is 26.8 Å². The molecule has 0 unspecified atom stereocenters. The van der Waals surface area contributed by atoms with Crippen molar-refractivity contribution in [2.24, 2.45) is 5.92 Å². The molecule has 5 nitrogen and oxygen atoms in total. The molecular formula is C14H23NO4. The Hall–Kier alpha value is -1.52. The van der Waals surface area contributed by atoms with Crippen LogP contribution in [0.2, 0.25) is 0 Å². The number of esters is 1. The summed E-state index contributed by atoms with van der Waals surface area (Å²) in [6.07, 6.45) is 3.80. The van der Waals surface area contributed by atoms with Crippen LogP contribution in [0.4, 0.5) is 4.79 Å². The van der Waals surface area contributed by atoms with Gasteiger partial charge in [-0.3, -0.25) is 0 Å². The molecule has 1 saturated heterocycles. The Balaban J connectivity index is 2.41. The third-order valence-corrected chi connectivity index (χ3v) is 2.67. The van der Waals surface area contributed by atoms with Crippen LogP contribution >= 0.6 is 0 Å². The lowest BCUT2D eigenvalue weighted by molar-refractivity contribution is -0.137. The van der Waals surface area contributed by atoms with Crippen LogP contribution < -0.4 is 0 Å². The van der Waals surface area contributed by atoms with Gasteiger partial charge in [-0.2, -0.15) is 0 Å². The Kier molecular flexibility index (Phi) is 5.39. The molecule has 0 radical (unpaired) electrons. The average molecular weight is 269 g/mol. The first-order valence-corrected chi connectivity index (χ1v) is 6.64. The van der Waals surface area contributed by atoms with Crippen LogP contribution in [-0.4, -0.2) is 42.3 Å². The zero-order valence-electron chi connectivity index (χ0n) is 12.1. The maximum atomic E-state index is 11.8. The van der Waals surface area contributed by atoms with Gasteiger partial charge in [0, 0.05) is 19.2 Å². The summed E-state index contributed by atoms with van der Waals surface area (Å²) in [5, 5.41) is 0. The molecule has 1 heterocycles. The molecule has 0 spiro atoms. The van der Waals surface area contributed by atoms with Crippen LogP contribution in [0.3, 0.4) is 0 Å². The molecule has 108 valence electrons. The first-order chi connectivity index (χ1) is 8.81. The largest absolute Gasteiger partial charge is 0.463 e. The highest BCUT2D eigenvalue weighted by molar-refractivity contribution is 5.81. The molecule has 1 amide bonds. The number of hydrogen-bond acceptors (Lipinski definition) is 4. The van der Waals surface area contributed by atoms with E-state index in [1.165, 1.54) is 6.08 Å². The number of likely N-dealkylation sites (tertiary alicyclic amines) is 1. The van der Waals surface area contributed by atoms with Gasteiger partial charge < -0.3 is 14.4 Å². The van der Waals surface area contributed by atoms with Gasteiger partial charge in [-0.15, -0.1) is 0 Å². The molecule has 0 aliphatic carbocycles. The van der Waals surface area contributed by atoms with E-state index in [9.17, 15) is 9.59 Å². The van der Waals surface area contributed by atoms with Gasteiger partial charge in [0.1, 0.15) is 5.60 Å². The quantitative estimate of drug-likeness (QED) is 0.583. The van der Waals surface area contributed by atoms with Gasteiger partial charge in [-0.25, -0.2) is 9.59 Å². The molecule has 5 heteroatoms. The molecule has 1 aliphatic heterocycles. The summed E-state index contributed by atoms with van der Waals surface area (Å²) in [6.45, 7) is 8.93. The van der Waals surface area contributed by atoms with E-state index < -0.39 is 5.60 Å². The standard InChI is InChI=1S/C14H23NO4/c1-5-18-12(16)7-6-11-8-9-15(10-11)13(17)19-14(2,3)4/h6-7,11H,5,8-10H2,1-4H3/t11-/m0/s1. The molecule has 0 N–H and O–H groups in total. The first-order valence-electron chi connectivity index (χ1n) is 6.64. The van der Waals surface area contributed by atoms with E-state index in [4.69, 9.17) is 9.47 Å². The van der Waals surface area contributed by atoms with E-state index in [2.05, 4.69) is 0 Å². The van der Waals surface area contributed by atoms with Crippen molar-refractivity contribution in [3.05, 3.63) is 12.2 Å². The van der Waals surface area contributed by atoms with E-state index in [1.54, 1.807) is 11.8 Å². The zero-order valence-corrected chi connectivity index (χ0v) is 12.1. The molecule has 0 aromatic heterocycles. The fourth-order valence-corrected chi connectivity index (χ4v) is 1.84. The van der Waals surface area contributed by atoms with Gasteiger partial charge >= 0.3 is 12.1 Å². The van der Waals surface area contributed by atoms with E-state index in [0.29, 0.717) is 19.7 Å². The topological polar surface area (TPSA) is 55.8 Å². The van der Waals surface area contributed by atoms with Crippen LogP contribution in [0, 0.1) is 5.92 Å². The van der Waals surface area contributed by atoms with Crippen LogP contribution in [0.25, 0.3) is 0 Å². The minimum atomic E-state index is -0.476. The number of rotatable bonds is 3. The van der Waals surface area contributed by atoms with Crippen LogP contribution in [0.1, 0.15) is 34.1 Å². The fourth-order valence-electron chi connectivity index (χ4n) is 1.84. The first kappa shape index (κ1) is 15.5. The smallest absolute Gasteiger partial charge is 0.410 e. The number of carbonyl (C=O) groups excluding carboxylic acids is 2. The van der Waals surface area contributed by atoms with Crippen molar-refractivity contribution in [2.75, 3.05) is 19.7 Å². The number of hydrogen-bond donors (Lipinski definition) is 0. The van der Waals surface area contributed by atoms with Gasteiger partial charge in [0.25, 0.3) is 0 Å². The molecule has 1 rings (SSSR count). The van der Waals surface area contributed by atoms with Gasteiger partial charge in [0.15, 0.2) is 0 Å². The Labute approximate surface area is 114 Å². The van der Waals surface area contributed by atoms with Crippen LogP contribution in [0.5, 0.6) is 0 Å². The third-order valence-electron chi connectivity index (χ3n) is 2.67. The molecule has 1 atom stereocenters. The van der Waals surface area contributed by atoms with Crippen LogP contribution in [-0.2, 0) is 14.3 Å². The lowest BCUT2D eigenvalue weighted by atomic mass is 10.1. The molecule has 0 aromatic rings. The summed E-state index contributed by atoms with van der Waals surface area (Å²) in [6, 6.07) is 0. The van der Waals surface area contributed by atoms with Gasteiger partial charge in [0.2, 0.25) is 0 Å². The van der Waals surface area contributed by atoms with Crippen LogP contribution in [0.15, 0.2) is 12.2 Å². The maximum Gasteiger partial charge on any atom is 0.410 e. The Morgan fingerprint density at radius 1 is 1.37 bits per heavy atom.